The number of imidazole rings is 1. The van der Waals surface area contributed by atoms with Gasteiger partial charge in [0.1, 0.15) is 11.6 Å². The molecule has 3 aromatic carbocycles. The number of carbonyl (C=O) groups is 3. The van der Waals surface area contributed by atoms with Crippen molar-refractivity contribution in [3.05, 3.63) is 78.1 Å². The summed E-state index contributed by atoms with van der Waals surface area (Å²) in [5.41, 5.74) is 6.86. The number of carbonyl (C=O) groups excluding carboxylic acids is 3. The zero-order chi connectivity index (χ0) is 35.3. The van der Waals surface area contributed by atoms with Gasteiger partial charge >= 0.3 is 6.09 Å². The van der Waals surface area contributed by atoms with Crippen molar-refractivity contribution in [3.63, 3.8) is 0 Å². The molecule has 0 bridgehead atoms. The summed E-state index contributed by atoms with van der Waals surface area (Å²) >= 11 is 0. The highest BCUT2D eigenvalue weighted by molar-refractivity contribution is 5.98. The van der Waals surface area contributed by atoms with E-state index in [9.17, 15) is 14.4 Å². The van der Waals surface area contributed by atoms with E-state index in [-0.39, 0.29) is 23.7 Å². The minimum Gasteiger partial charge on any atom is -0.444 e. The molecule has 5 N–H and O–H groups in total. The lowest BCUT2D eigenvalue weighted by molar-refractivity contribution is -0.130. The number of tetrazole rings is 1. The maximum Gasteiger partial charge on any atom is 0.407 e. The van der Waals surface area contributed by atoms with Crippen LogP contribution in [0.15, 0.2) is 67.0 Å². The molecule has 6 rings (SSSR count). The zero-order valence-electron chi connectivity index (χ0n) is 28.7. The Morgan fingerprint density at radius 3 is 2.36 bits per heavy atom. The van der Waals surface area contributed by atoms with Gasteiger partial charge in [-0.1, -0.05) is 24.3 Å². The number of aromatic amines is 2. The van der Waals surface area contributed by atoms with Crippen LogP contribution >= 0.6 is 0 Å². The van der Waals surface area contributed by atoms with Gasteiger partial charge in [-0.05, 0) is 128 Å². The van der Waals surface area contributed by atoms with Crippen molar-refractivity contribution in [3.8, 4) is 22.5 Å². The standard InChI is InChI=1S/C37H43N9O4/c1-22-17-30-31(40-21-39-30)19-29(22)25-9-5-23(6-10-25)18-32(35(48)41-28-15-13-26(14-16-28)33-43-45-46-44-33)42-34(47)27-11-7-24(8-12-27)20-38-36(49)50-37(2,3)4/h5-6,9-10,13-17,19,21,24,27,32H,7-8,11-12,18,20H2,1-4H3,(H,38,49)(H,39,40)(H,41,48)(H,42,47)(H,43,44,45,46)/t24?,27?,32-/m0/s1. The van der Waals surface area contributed by atoms with Gasteiger partial charge < -0.3 is 25.7 Å². The normalized spacial score (nSPS) is 16.8. The number of aromatic nitrogens is 6. The molecule has 0 spiro atoms. The predicted octanol–water partition coefficient (Wildman–Crippen LogP) is 5.72. The summed E-state index contributed by atoms with van der Waals surface area (Å²) in [7, 11) is 0. The number of nitrogens with one attached hydrogen (secondary N) is 5. The monoisotopic (exact) mass is 677 g/mol. The van der Waals surface area contributed by atoms with Gasteiger partial charge in [-0.3, -0.25) is 9.59 Å². The van der Waals surface area contributed by atoms with Crippen molar-refractivity contribution in [1.29, 1.82) is 0 Å². The van der Waals surface area contributed by atoms with Gasteiger partial charge in [-0.25, -0.2) is 14.9 Å². The lowest BCUT2D eigenvalue weighted by Gasteiger charge is -2.29. The van der Waals surface area contributed by atoms with Crippen LogP contribution in [0, 0.1) is 18.8 Å². The van der Waals surface area contributed by atoms with Crippen LogP contribution in [0.2, 0.25) is 0 Å². The van der Waals surface area contributed by atoms with Gasteiger partial charge in [0.05, 0.1) is 17.4 Å². The second-order valence-corrected chi connectivity index (χ2v) is 14.0. The Hall–Kier alpha value is -5.59. The highest BCUT2D eigenvalue weighted by Gasteiger charge is 2.30. The summed E-state index contributed by atoms with van der Waals surface area (Å²) in [6.07, 6.45) is 4.51. The van der Waals surface area contributed by atoms with E-state index >= 15 is 0 Å². The number of fused-ring (bicyclic) bond motifs is 1. The van der Waals surface area contributed by atoms with Crippen molar-refractivity contribution in [2.75, 3.05) is 11.9 Å². The third-order valence-corrected chi connectivity index (χ3v) is 9.03. The Bertz CT molecular complexity index is 1920. The fourth-order valence-electron chi connectivity index (χ4n) is 6.35. The molecule has 5 aromatic rings. The Labute approximate surface area is 290 Å². The van der Waals surface area contributed by atoms with Crippen LogP contribution in [0.3, 0.4) is 0 Å². The van der Waals surface area contributed by atoms with Crippen LogP contribution in [-0.4, -0.2) is 66.7 Å². The van der Waals surface area contributed by atoms with Crippen LogP contribution in [0.4, 0.5) is 10.5 Å². The number of amides is 3. The molecule has 50 heavy (non-hydrogen) atoms. The largest absolute Gasteiger partial charge is 0.444 e. The minimum atomic E-state index is -0.805. The molecule has 0 unspecified atom stereocenters. The molecular weight excluding hydrogens is 634 g/mol. The maximum atomic E-state index is 13.8. The third kappa shape index (κ3) is 8.70. The number of alkyl carbamates (subject to hydrolysis) is 1. The van der Waals surface area contributed by atoms with E-state index in [1.165, 1.54) is 0 Å². The average molecular weight is 678 g/mol. The van der Waals surface area contributed by atoms with Crippen LogP contribution in [-0.2, 0) is 20.7 Å². The zero-order valence-corrected chi connectivity index (χ0v) is 28.7. The molecule has 2 aromatic heterocycles. The molecule has 13 heteroatoms. The summed E-state index contributed by atoms with van der Waals surface area (Å²) in [6.45, 7) is 8.06. The molecule has 2 heterocycles. The fraction of sp³-hybridized carbons (Fsp3) is 0.378. The summed E-state index contributed by atoms with van der Waals surface area (Å²) in [4.78, 5) is 47.0. The molecule has 0 radical (unpaired) electrons. The van der Waals surface area contributed by atoms with E-state index < -0.39 is 17.7 Å². The van der Waals surface area contributed by atoms with Crippen LogP contribution in [0.25, 0.3) is 33.5 Å². The van der Waals surface area contributed by atoms with E-state index in [0.717, 1.165) is 51.7 Å². The first kappa shape index (κ1) is 34.3. The number of hydrogen-bond donors (Lipinski definition) is 5. The highest BCUT2D eigenvalue weighted by Crippen LogP contribution is 2.30. The summed E-state index contributed by atoms with van der Waals surface area (Å²) in [5, 5.41) is 22.8. The van der Waals surface area contributed by atoms with Crippen molar-refractivity contribution < 1.29 is 19.1 Å². The maximum absolute atomic E-state index is 13.8. The number of rotatable bonds is 10. The molecule has 13 nitrogen and oxygen atoms in total. The van der Waals surface area contributed by atoms with E-state index in [1.807, 2.05) is 57.2 Å². The first-order valence-corrected chi connectivity index (χ1v) is 17.0. The highest BCUT2D eigenvalue weighted by atomic mass is 16.6. The Kier molecular flexibility index (Phi) is 10.2. The van der Waals surface area contributed by atoms with Crippen LogP contribution < -0.4 is 16.0 Å². The minimum absolute atomic E-state index is 0.142. The van der Waals surface area contributed by atoms with Crippen LogP contribution in [0.1, 0.15) is 57.6 Å². The molecule has 1 aliphatic rings. The number of H-pyrrole nitrogens is 2. The van der Waals surface area contributed by atoms with Gasteiger partial charge in [0.2, 0.25) is 11.8 Å². The summed E-state index contributed by atoms with van der Waals surface area (Å²) in [5.74, 6) is 0.105. The van der Waals surface area contributed by atoms with Gasteiger partial charge in [0.15, 0.2) is 5.82 Å². The summed E-state index contributed by atoms with van der Waals surface area (Å²) in [6, 6.07) is 18.6. The molecule has 1 fully saturated rings. The molecule has 1 saturated carbocycles. The van der Waals surface area contributed by atoms with E-state index in [0.29, 0.717) is 37.3 Å². The second kappa shape index (κ2) is 14.9. The number of ether oxygens (including phenoxy) is 1. The number of aryl methyl sites for hydroxylation is 1. The smallest absolute Gasteiger partial charge is 0.407 e. The molecule has 0 saturated heterocycles. The number of hydrogen-bond acceptors (Lipinski definition) is 8. The predicted molar refractivity (Wildman–Crippen MR) is 190 cm³/mol. The fourth-order valence-corrected chi connectivity index (χ4v) is 6.35. The first-order valence-electron chi connectivity index (χ1n) is 17.0. The average Bonchev–Trinajstić information content (AvgIpc) is 3.80. The second-order valence-electron chi connectivity index (χ2n) is 14.0. The first-order chi connectivity index (χ1) is 24.0. The third-order valence-electron chi connectivity index (χ3n) is 9.03. The van der Waals surface area contributed by atoms with Gasteiger partial charge in [0.25, 0.3) is 0 Å². The molecule has 0 aliphatic heterocycles. The SMILES string of the molecule is Cc1cc2nc[nH]c2cc1-c1ccc(C[C@H](NC(=O)C2CCC(CNC(=O)OC(C)(C)C)CC2)C(=O)Nc2ccc(-c3nnn[nH]3)cc2)cc1. The molecule has 260 valence electrons. The number of anilines is 1. The molecule has 1 atom stereocenters. The van der Waals surface area contributed by atoms with Gasteiger partial charge in [-0.2, -0.15) is 0 Å². The topological polar surface area (TPSA) is 180 Å². The van der Waals surface area contributed by atoms with E-state index in [1.54, 1.807) is 18.5 Å². The van der Waals surface area contributed by atoms with Crippen molar-refractivity contribution in [2.24, 2.45) is 11.8 Å². The lowest BCUT2D eigenvalue weighted by Crippen LogP contribution is -2.48. The molecular formula is C37H43N9O4. The Balaban J connectivity index is 1.12. The Morgan fingerprint density at radius 2 is 1.68 bits per heavy atom. The van der Waals surface area contributed by atoms with E-state index in [4.69, 9.17) is 4.74 Å². The van der Waals surface area contributed by atoms with Crippen molar-refractivity contribution >= 4 is 34.6 Å². The molecule has 1 aliphatic carbocycles. The number of benzene rings is 3. The number of nitrogens with zero attached hydrogens (tertiary/aromatic N) is 4. The van der Waals surface area contributed by atoms with Crippen molar-refractivity contribution in [2.45, 2.75) is 71.4 Å². The Morgan fingerprint density at radius 1 is 0.960 bits per heavy atom. The summed E-state index contributed by atoms with van der Waals surface area (Å²) < 4.78 is 5.35. The van der Waals surface area contributed by atoms with Gasteiger partial charge in [0, 0.05) is 30.1 Å². The lowest BCUT2D eigenvalue weighted by atomic mass is 9.81. The molecule has 3 amide bonds. The quantitative estimate of drug-likeness (QED) is 0.125. The van der Waals surface area contributed by atoms with Crippen LogP contribution in [0.5, 0.6) is 0 Å². The van der Waals surface area contributed by atoms with Gasteiger partial charge in [-0.15, -0.1) is 5.10 Å². The van der Waals surface area contributed by atoms with E-state index in [2.05, 4.69) is 65.6 Å². The van der Waals surface area contributed by atoms with Crippen molar-refractivity contribution in [1.82, 2.24) is 41.2 Å².